The summed E-state index contributed by atoms with van der Waals surface area (Å²) in [5, 5.41) is 10.8. The zero-order valence-corrected chi connectivity index (χ0v) is 17.0. The lowest BCUT2D eigenvalue weighted by atomic mass is 9.98. The van der Waals surface area contributed by atoms with Crippen molar-refractivity contribution in [3.8, 4) is 5.75 Å². The van der Waals surface area contributed by atoms with Crippen LogP contribution in [-0.2, 0) is 9.53 Å². The number of benzene rings is 2. The second kappa shape index (κ2) is 10.4. The summed E-state index contributed by atoms with van der Waals surface area (Å²) in [7, 11) is 0. The summed E-state index contributed by atoms with van der Waals surface area (Å²) >= 11 is 5.96. The Balaban J connectivity index is 1.67. The fraction of sp³-hybridized carbons (Fsp3) is 0.391. The van der Waals surface area contributed by atoms with Crippen LogP contribution in [0.1, 0.15) is 56.1 Å². The van der Waals surface area contributed by atoms with Crippen LogP contribution in [0.15, 0.2) is 47.5 Å². The second-order valence-electron chi connectivity index (χ2n) is 7.25. The summed E-state index contributed by atoms with van der Waals surface area (Å²) in [6.07, 6.45) is 6.18. The average Bonchev–Trinajstić information content (AvgIpc) is 2.72. The van der Waals surface area contributed by atoms with Crippen molar-refractivity contribution in [3.05, 3.63) is 64.4 Å². The van der Waals surface area contributed by atoms with Gasteiger partial charge < -0.3 is 9.84 Å². The summed E-state index contributed by atoms with van der Waals surface area (Å²) in [6.45, 7) is 0.355. The molecule has 2 aromatic carbocycles. The van der Waals surface area contributed by atoms with Gasteiger partial charge in [0.15, 0.2) is 0 Å². The van der Waals surface area contributed by atoms with Gasteiger partial charge in [-0.3, -0.25) is 9.79 Å². The van der Waals surface area contributed by atoms with Crippen LogP contribution in [0.2, 0.25) is 5.02 Å². The average molecular weight is 418 g/mol. The summed E-state index contributed by atoms with van der Waals surface area (Å²) in [6, 6.07) is 10.7. The van der Waals surface area contributed by atoms with Crippen LogP contribution in [0.3, 0.4) is 0 Å². The predicted octanol–water partition coefficient (Wildman–Crippen LogP) is 5.68. The van der Waals surface area contributed by atoms with Crippen LogP contribution >= 0.6 is 11.6 Å². The molecule has 0 heterocycles. The topological polar surface area (TPSA) is 58.9 Å². The zero-order valence-electron chi connectivity index (χ0n) is 16.2. The summed E-state index contributed by atoms with van der Waals surface area (Å²) < 4.78 is 19.3. The molecule has 0 radical (unpaired) electrons. The molecule has 1 N–H and O–H groups in total. The Morgan fingerprint density at radius 2 is 1.86 bits per heavy atom. The number of hydrogen-bond donors (Lipinski definition) is 1. The molecule has 0 aromatic heterocycles. The Kier molecular flexibility index (Phi) is 7.64. The number of phenolic OH excluding ortho intramolecular Hbond substituents is 1. The number of ether oxygens (including phenoxy) is 1. The van der Waals surface area contributed by atoms with Gasteiger partial charge in [-0.25, -0.2) is 4.39 Å². The van der Waals surface area contributed by atoms with Gasteiger partial charge in [0.2, 0.25) is 0 Å². The highest BCUT2D eigenvalue weighted by Gasteiger charge is 2.17. The third-order valence-corrected chi connectivity index (χ3v) is 5.24. The molecule has 1 saturated carbocycles. The standard InChI is InChI=1S/C23H25ClFNO3/c24-17-10-8-16(9-11-17)23(20-15-18(25)12-13-21(20)27)26-14-4-7-22(28)29-19-5-2-1-3-6-19/h8-13,15,19,27H,1-7,14H2. The SMILES string of the molecule is O=C(CCCN=C(c1ccc(Cl)cc1)c1cc(F)ccc1O)OC1CCCCC1. The van der Waals surface area contributed by atoms with Gasteiger partial charge in [0.25, 0.3) is 0 Å². The van der Waals surface area contributed by atoms with Crippen molar-refractivity contribution in [2.75, 3.05) is 6.54 Å². The normalized spacial score (nSPS) is 15.3. The van der Waals surface area contributed by atoms with Gasteiger partial charge in [-0.15, -0.1) is 0 Å². The van der Waals surface area contributed by atoms with Crippen LogP contribution in [0.5, 0.6) is 5.75 Å². The first-order chi connectivity index (χ1) is 14.0. The van der Waals surface area contributed by atoms with Crippen LogP contribution in [0.4, 0.5) is 4.39 Å². The van der Waals surface area contributed by atoms with E-state index in [1.165, 1.54) is 24.6 Å². The molecule has 4 nitrogen and oxygen atoms in total. The Bertz CT molecular complexity index is 861. The number of esters is 1. The van der Waals surface area contributed by atoms with Crippen LogP contribution in [0, 0.1) is 5.82 Å². The third kappa shape index (κ3) is 6.29. The maximum atomic E-state index is 13.8. The molecule has 154 valence electrons. The van der Waals surface area contributed by atoms with Gasteiger partial charge in [0.05, 0.1) is 5.71 Å². The van der Waals surface area contributed by atoms with Gasteiger partial charge in [-0.05, 0) is 62.4 Å². The number of aliphatic imine (C=N–C) groups is 1. The monoisotopic (exact) mass is 417 g/mol. The predicted molar refractivity (Wildman–Crippen MR) is 112 cm³/mol. The molecule has 1 aliphatic rings. The van der Waals surface area contributed by atoms with Crippen LogP contribution in [0.25, 0.3) is 0 Å². The van der Waals surface area contributed by atoms with Crippen LogP contribution < -0.4 is 0 Å². The molecular weight excluding hydrogens is 393 g/mol. The van der Waals surface area contributed by atoms with E-state index >= 15 is 0 Å². The van der Waals surface area contributed by atoms with Crippen LogP contribution in [-0.4, -0.2) is 29.4 Å². The van der Waals surface area contributed by atoms with Gasteiger partial charge in [0.1, 0.15) is 17.7 Å². The molecule has 0 bridgehead atoms. The number of phenols is 1. The maximum absolute atomic E-state index is 13.8. The van der Waals surface area contributed by atoms with E-state index in [1.54, 1.807) is 24.3 Å². The first-order valence-electron chi connectivity index (χ1n) is 10.0. The van der Waals surface area contributed by atoms with Crippen molar-refractivity contribution in [1.29, 1.82) is 0 Å². The second-order valence-corrected chi connectivity index (χ2v) is 7.69. The minimum atomic E-state index is -0.462. The van der Waals surface area contributed by atoms with Crippen molar-refractivity contribution in [3.63, 3.8) is 0 Å². The van der Waals surface area contributed by atoms with Crippen molar-refractivity contribution in [2.45, 2.75) is 51.0 Å². The molecule has 2 aromatic rings. The number of nitrogens with zero attached hydrogens (tertiary/aromatic N) is 1. The lowest BCUT2D eigenvalue weighted by Gasteiger charge is -2.21. The Morgan fingerprint density at radius 1 is 1.14 bits per heavy atom. The fourth-order valence-electron chi connectivity index (χ4n) is 3.48. The highest BCUT2D eigenvalue weighted by Crippen LogP contribution is 2.24. The number of halogens is 2. The van der Waals surface area contributed by atoms with E-state index in [0.717, 1.165) is 25.7 Å². The van der Waals surface area contributed by atoms with Crippen molar-refractivity contribution in [1.82, 2.24) is 0 Å². The van der Waals surface area contributed by atoms with Crippen molar-refractivity contribution >= 4 is 23.3 Å². The first kappa shape index (κ1) is 21.3. The highest BCUT2D eigenvalue weighted by atomic mass is 35.5. The lowest BCUT2D eigenvalue weighted by molar-refractivity contribution is -0.150. The molecule has 0 saturated heterocycles. The Hall–Kier alpha value is -2.40. The third-order valence-electron chi connectivity index (χ3n) is 4.99. The molecule has 3 rings (SSSR count). The van der Waals surface area contributed by atoms with E-state index in [9.17, 15) is 14.3 Å². The van der Waals surface area contributed by atoms with E-state index in [-0.39, 0.29) is 24.2 Å². The molecule has 0 spiro atoms. The van der Waals surface area contributed by atoms with Gasteiger partial charge in [0, 0.05) is 29.1 Å². The van der Waals surface area contributed by atoms with Gasteiger partial charge in [-0.2, -0.15) is 0 Å². The quantitative estimate of drug-likeness (QED) is 0.358. The minimum absolute atomic E-state index is 0.0496. The van der Waals surface area contributed by atoms with E-state index < -0.39 is 5.82 Å². The van der Waals surface area contributed by atoms with Crippen molar-refractivity contribution in [2.24, 2.45) is 4.99 Å². The van der Waals surface area contributed by atoms with E-state index in [2.05, 4.69) is 4.99 Å². The molecule has 0 atom stereocenters. The summed E-state index contributed by atoms with van der Waals surface area (Å²) in [4.78, 5) is 16.6. The lowest BCUT2D eigenvalue weighted by Crippen LogP contribution is -2.20. The molecular formula is C23H25ClFNO3. The van der Waals surface area contributed by atoms with Gasteiger partial charge in [-0.1, -0.05) is 30.2 Å². The number of hydrogen-bond acceptors (Lipinski definition) is 4. The molecule has 1 fully saturated rings. The largest absolute Gasteiger partial charge is 0.507 e. The number of aromatic hydroxyl groups is 1. The molecule has 0 amide bonds. The molecule has 0 unspecified atom stereocenters. The first-order valence-corrected chi connectivity index (χ1v) is 10.4. The molecule has 29 heavy (non-hydrogen) atoms. The fourth-order valence-corrected chi connectivity index (χ4v) is 3.61. The number of rotatable bonds is 7. The van der Waals surface area contributed by atoms with E-state index in [1.807, 2.05) is 0 Å². The summed E-state index contributed by atoms with van der Waals surface area (Å²) in [5.41, 5.74) is 1.47. The Morgan fingerprint density at radius 3 is 2.59 bits per heavy atom. The number of carbonyl (C=O) groups excluding carboxylic acids is 1. The highest BCUT2D eigenvalue weighted by molar-refractivity contribution is 6.30. The molecule has 0 aliphatic heterocycles. The van der Waals surface area contributed by atoms with E-state index in [0.29, 0.717) is 34.8 Å². The van der Waals surface area contributed by atoms with E-state index in [4.69, 9.17) is 16.3 Å². The molecule has 6 heteroatoms. The Labute approximate surface area is 175 Å². The zero-order chi connectivity index (χ0) is 20.6. The smallest absolute Gasteiger partial charge is 0.306 e. The maximum Gasteiger partial charge on any atom is 0.306 e. The summed E-state index contributed by atoms with van der Waals surface area (Å²) in [5.74, 6) is -0.721. The van der Waals surface area contributed by atoms with Gasteiger partial charge >= 0.3 is 5.97 Å². The van der Waals surface area contributed by atoms with Crippen molar-refractivity contribution < 1.29 is 19.0 Å². The molecule has 1 aliphatic carbocycles. The minimum Gasteiger partial charge on any atom is -0.507 e. The number of carbonyl (C=O) groups is 1.